The Morgan fingerprint density at radius 2 is 1.92 bits per heavy atom. The summed E-state index contributed by atoms with van der Waals surface area (Å²) < 4.78 is 10.7. The molecule has 2 aliphatic rings. The second-order valence-electron chi connectivity index (χ2n) is 6.07. The average Bonchev–Trinajstić information content (AvgIpc) is 3.25. The molecule has 2 aromatic rings. The molecule has 0 fully saturated rings. The fraction of sp³-hybridized carbons (Fsp3) is 0.263. The van der Waals surface area contributed by atoms with Gasteiger partial charge in [-0.15, -0.1) is 0 Å². The van der Waals surface area contributed by atoms with Crippen LogP contribution in [0.1, 0.15) is 12.5 Å². The van der Waals surface area contributed by atoms with E-state index in [-0.39, 0.29) is 25.2 Å². The molecule has 2 aromatic carbocycles. The van der Waals surface area contributed by atoms with Crippen molar-refractivity contribution in [2.24, 2.45) is 0 Å². The van der Waals surface area contributed by atoms with Gasteiger partial charge in [0.05, 0.1) is 0 Å². The van der Waals surface area contributed by atoms with Gasteiger partial charge in [0.15, 0.2) is 11.5 Å². The molecule has 0 aromatic heterocycles. The maximum absolute atomic E-state index is 12.8. The SMILES string of the molecule is CC(=O)N(CC(=O)N1CCc2ccccc21)c1ccc2c(c1)OCO2. The molecule has 6 heteroatoms. The summed E-state index contributed by atoms with van der Waals surface area (Å²) in [5.41, 5.74) is 2.72. The van der Waals surface area contributed by atoms with Crippen LogP contribution in [0.3, 0.4) is 0 Å². The number of carbonyl (C=O) groups is 2. The number of anilines is 2. The van der Waals surface area contributed by atoms with Crippen LogP contribution in [0.2, 0.25) is 0 Å². The van der Waals surface area contributed by atoms with Gasteiger partial charge in [-0.3, -0.25) is 9.59 Å². The fourth-order valence-electron chi connectivity index (χ4n) is 3.26. The summed E-state index contributed by atoms with van der Waals surface area (Å²) in [5.74, 6) is 0.937. The summed E-state index contributed by atoms with van der Waals surface area (Å²) >= 11 is 0. The highest BCUT2D eigenvalue weighted by atomic mass is 16.7. The van der Waals surface area contributed by atoms with E-state index in [9.17, 15) is 9.59 Å². The zero-order valence-corrected chi connectivity index (χ0v) is 13.9. The number of hydrogen-bond acceptors (Lipinski definition) is 4. The van der Waals surface area contributed by atoms with E-state index in [0.29, 0.717) is 23.7 Å². The molecule has 0 aliphatic carbocycles. The Bertz CT molecular complexity index is 849. The van der Waals surface area contributed by atoms with Crippen molar-refractivity contribution in [3.63, 3.8) is 0 Å². The third kappa shape index (κ3) is 2.80. The summed E-state index contributed by atoms with van der Waals surface area (Å²) in [4.78, 5) is 28.1. The average molecular weight is 338 g/mol. The van der Waals surface area contributed by atoms with Gasteiger partial charge in [0.25, 0.3) is 0 Å². The number of hydrogen-bond donors (Lipinski definition) is 0. The number of rotatable bonds is 3. The lowest BCUT2D eigenvalue weighted by Crippen LogP contribution is -2.41. The molecule has 2 aliphatic heterocycles. The van der Waals surface area contributed by atoms with E-state index in [4.69, 9.17) is 9.47 Å². The van der Waals surface area contributed by atoms with Gasteiger partial charge in [0.2, 0.25) is 18.6 Å². The van der Waals surface area contributed by atoms with Crippen LogP contribution in [0.15, 0.2) is 42.5 Å². The Hall–Kier alpha value is -3.02. The second-order valence-corrected chi connectivity index (χ2v) is 6.07. The molecule has 0 saturated carbocycles. The Labute approximate surface area is 145 Å². The lowest BCUT2D eigenvalue weighted by Gasteiger charge is -2.24. The zero-order valence-electron chi connectivity index (χ0n) is 13.9. The minimum atomic E-state index is -0.195. The quantitative estimate of drug-likeness (QED) is 0.862. The minimum absolute atomic E-state index is 0.0106. The fourth-order valence-corrected chi connectivity index (χ4v) is 3.26. The summed E-state index contributed by atoms with van der Waals surface area (Å²) in [7, 11) is 0. The highest BCUT2D eigenvalue weighted by Crippen LogP contribution is 2.35. The highest BCUT2D eigenvalue weighted by Gasteiger charge is 2.27. The highest BCUT2D eigenvalue weighted by molar-refractivity contribution is 6.04. The van der Waals surface area contributed by atoms with Gasteiger partial charge < -0.3 is 19.3 Å². The Morgan fingerprint density at radius 1 is 1.12 bits per heavy atom. The number of benzene rings is 2. The van der Waals surface area contributed by atoms with E-state index in [0.717, 1.165) is 17.7 Å². The molecule has 0 N–H and O–H groups in total. The molecule has 4 rings (SSSR count). The molecule has 6 nitrogen and oxygen atoms in total. The summed E-state index contributed by atoms with van der Waals surface area (Å²) in [6, 6.07) is 13.1. The number of para-hydroxylation sites is 1. The first-order valence-corrected chi connectivity index (χ1v) is 8.19. The molecule has 0 unspecified atom stereocenters. The minimum Gasteiger partial charge on any atom is -0.454 e. The summed E-state index contributed by atoms with van der Waals surface area (Å²) in [6.45, 7) is 2.26. The molecule has 25 heavy (non-hydrogen) atoms. The zero-order chi connectivity index (χ0) is 17.4. The molecule has 0 spiro atoms. The second kappa shape index (κ2) is 6.12. The molecular formula is C19H18N2O4. The van der Waals surface area contributed by atoms with Gasteiger partial charge in [-0.2, -0.15) is 0 Å². The van der Waals surface area contributed by atoms with E-state index in [2.05, 4.69) is 0 Å². The number of carbonyl (C=O) groups excluding carboxylic acids is 2. The van der Waals surface area contributed by atoms with Crippen LogP contribution in [0.5, 0.6) is 11.5 Å². The van der Waals surface area contributed by atoms with Crippen molar-refractivity contribution in [1.82, 2.24) is 0 Å². The van der Waals surface area contributed by atoms with E-state index >= 15 is 0 Å². The third-order valence-electron chi connectivity index (χ3n) is 4.53. The first-order valence-electron chi connectivity index (χ1n) is 8.19. The van der Waals surface area contributed by atoms with Crippen molar-refractivity contribution in [3.8, 4) is 11.5 Å². The number of ether oxygens (including phenoxy) is 2. The van der Waals surface area contributed by atoms with Crippen molar-refractivity contribution < 1.29 is 19.1 Å². The van der Waals surface area contributed by atoms with Crippen molar-refractivity contribution in [3.05, 3.63) is 48.0 Å². The molecule has 2 heterocycles. The van der Waals surface area contributed by atoms with Gasteiger partial charge in [-0.25, -0.2) is 0 Å². The van der Waals surface area contributed by atoms with E-state index < -0.39 is 0 Å². The first-order chi connectivity index (χ1) is 12.1. The lowest BCUT2D eigenvalue weighted by atomic mass is 10.2. The predicted molar refractivity (Wildman–Crippen MR) is 93.1 cm³/mol. The largest absolute Gasteiger partial charge is 0.454 e. The van der Waals surface area contributed by atoms with Gasteiger partial charge in [-0.1, -0.05) is 18.2 Å². The Kier molecular flexibility index (Phi) is 3.80. The molecule has 128 valence electrons. The van der Waals surface area contributed by atoms with Crippen molar-refractivity contribution in [2.45, 2.75) is 13.3 Å². The first kappa shape index (κ1) is 15.5. The number of amides is 2. The van der Waals surface area contributed by atoms with Gasteiger partial charge in [0, 0.05) is 30.9 Å². The number of nitrogens with zero attached hydrogens (tertiary/aromatic N) is 2. The molecule has 0 bridgehead atoms. The van der Waals surface area contributed by atoms with Gasteiger partial charge >= 0.3 is 0 Å². The molecule has 0 radical (unpaired) electrons. The standard InChI is InChI=1S/C19H18N2O4/c1-13(22)21(15-6-7-17-18(10-15)25-12-24-17)11-19(23)20-9-8-14-4-2-3-5-16(14)20/h2-7,10H,8-9,11-12H2,1H3. The normalized spacial score (nSPS) is 14.4. The third-order valence-corrected chi connectivity index (χ3v) is 4.53. The monoisotopic (exact) mass is 338 g/mol. The summed E-state index contributed by atoms with van der Waals surface area (Å²) in [6.07, 6.45) is 0.839. The topological polar surface area (TPSA) is 59.1 Å². The maximum atomic E-state index is 12.8. The predicted octanol–water partition coefficient (Wildman–Crippen LogP) is 2.36. The molecule has 2 amide bonds. The maximum Gasteiger partial charge on any atom is 0.247 e. The lowest BCUT2D eigenvalue weighted by molar-refractivity contribution is -0.121. The van der Waals surface area contributed by atoms with Crippen LogP contribution in [-0.2, 0) is 16.0 Å². The molecule has 0 saturated heterocycles. The van der Waals surface area contributed by atoms with Gasteiger partial charge in [0.1, 0.15) is 6.54 Å². The van der Waals surface area contributed by atoms with Crippen LogP contribution in [0.25, 0.3) is 0 Å². The van der Waals surface area contributed by atoms with Crippen molar-refractivity contribution in [2.75, 3.05) is 29.7 Å². The van der Waals surface area contributed by atoms with Crippen LogP contribution in [0, 0.1) is 0 Å². The van der Waals surface area contributed by atoms with Crippen molar-refractivity contribution >= 4 is 23.2 Å². The van der Waals surface area contributed by atoms with Crippen molar-refractivity contribution in [1.29, 1.82) is 0 Å². The van der Waals surface area contributed by atoms with E-state index in [1.54, 1.807) is 23.1 Å². The number of fused-ring (bicyclic) bond motifs is 2. The van der Waals surface area contributed by atoms with Gasteiger partial charge in [-0.05, 0) is 30.2 Å². The molecule has 0 atom stereocenters. The molecular weight excluding hydrogens is 320 g/mol. The van der Waals surface area contributed by atoms with Crippen LogP contribution >= 0.6 is 0 Å². The van der Waals surface area contributed by atoms with E-state index in [1.807, 2.05) is 24.3 Å². The van der Waals surface area contributed by atoms with E-state index in [1.165, 1.54) is 11.8 Å². The summed E-state index contributed by atoms with van der Waals surface area (Å²) in [5, 5.41) is 0. The van der Waals surface area contributed by atoms with Crippen LogP contribution < -0.4 is 19.3 Å². The van der Waals surface area contributed by atoms with Crippen LogP contribution in [-0.4, -0.2) is 31.7 Å². The van der Waals surface area contributed by atoms with Crippen LogP contribution in [0.4, 0.5) is 11.4 Å². The Balaban J connectivity index is 1.57. The smallest absolute Gasteiger partial charge is 0.247 e. The Morgan fingerprint density at radius 3 is 2.76 bits per heavy atom.